The molecule has 0 saturated carbocycles. The van der Waals surface area contributed by atoms with Crippen LogP contribution in [0, 0.1) is 0 Å². The first-order chi connectivity index (χ1) is 27.4. The number of nitrogens with two attached hydrogens (primary N) is 1. The summed E-state index contributed by atoms with van der Waals surface area (Å²) in [7, 11) is -4.34. The zero-order valence-electron chi connectivity index (χ0n) is 29.9. The molecule has 20 heteroatoms. The highest BCUT2D eigenvalue weighted by Gasteiger charge is 2.53. The maximum Gasteiger partial charge on any atom is 0.472 e. The average molecular weight is 802 g/mol. The second-order valence-corrected chi connectivity index (χ2v) is 15.0. The molecule has 57 heavy (non-hydrogen) atoms. The van der Waals surface area contributed by atoms with E-state index in [2.05, 4.69) is 25.6 Å². The van der Waals surface area contributed by atoms with Gasteiger partial charge in [0.1, 0.15) is 41.7 Å². The molecule has 2 aromatic carbocycles. The maximum absolute atomic E-state index is 13.1. The van der Waals surface area contributed by atoms with Gasteiger partial charge in [-0.3, -0.25) is 23.2 Å². The quantitative estimate of drug-likeness (QED) is 0.0525. The molecule has 2 aromatic heterocycles. The number of phosphoric acid groups is 1. The third kappa shape index (κ3) is 7.39. The first-order valence-electron chi connectivity index (χ1n) is 18.0. The van der Waals surface area contributed by atoms with Crippen molar-refractivity contribution in [3.8, 4) is 28.2 Å². The standard InChI is InChI=1S/C37H36N7O12P/c38-32-29-33(42-17-41-32)44(35-30(47)31-27(55-35)16-53-57(51,52)56-31)37(43-29)40-12-4-2-1-3-11-39-34(48)18-5-8-21(24(13-18)36(49)50)28-22-9-6-19(45)14-25(22)54-26-15-20(46)7-10-23(26)28/h5-10,13-15,17,27,30-31,35,45,47H,1-4,11-12,16H2,(H,39,48)(H,40,43)(H,49,50)(H,51,52)(H2,38,41,42)/t27-,30-,31-,35-/m1/s1. The molecular formula is C37H36N7O12P. The van der Waals surface area contributed by atoms with Gasteiger partial charge in [-0.25, -0.2) is 24.3 Å². The van der Waals surface area contributed by atoms with Crippen molar-refractivity contribution in [1.82, 2.24) is 24.8 Å². The number of hydrogen-bond donors (Lipinski definition) is 7. The minimum absolute atomic E-state index is 0.0672. The molecule has 1 amide bonds. The van der Waals surface area contributed by atoms with Crippen LogP contribution < -0.4 is 21.8 Å². The first kappa shape index (κ1) is 37.9. The summed E-state index contributed by atoms with van der Waals surface area (Å²) >= 11 is 0. The van der Waals surface area contributed by atoms with Crippen molar-refractivity contribution in [2.45, 2.75) is 50.2 Å². The van der Waals surface area contributed by atoms with Crippen LogP contribution in [0.2, 0.25) is 0 Å². The number of aromatic nitrogens is 4. The van der Waals surface area contributed by atoms with Crippen LogP contribution in [0.1, 0.15) is 52.6 Å². The van der Waals surface area contributed by atoms with Crippen LogP contribution in [0.15, 0.2) is 70.1 Å². The number of phosphoric ester groups is 1. The second-order valence-electron chi connectivity index (χ2n) is 13.6. The number of aromatic hydroxyl groups is 1. The van der Waals surface area contributed by atoms with Crippen LogP contribution >= 0.6 is 7.82 Å². The number of carboxylic acids is 1. The number of carboxylic acid groups (broad SMARTS) is 1. The average Bonchev–Trinajstić information content (AvgIpc) is 3.70. The molecule has 296 valence electrons. The Kier molecular flexibility index (Phi) is 10.1. The zero-order chi connectivity index (χ0) is 40.0. The van der Waals surface area contributed by atoms with Crippen LogP contribution in [0.25, 0.3) is 44.6 Å². The van der Waals surface area contributed by atoms with Crippen molar-refractivity contribution in [3.05, 3.63) is 82.3 Å². The number of benzene rings is 3. The molecule has 8 N–H and O–H groups in total. The number of aliphatic hydroxyl groups is 1. The minimum Gasteiger partial charge on any atom is -0.508 e. The van der Waals surface area contributed by atoms with Crippen LogP contribution in [-0.2, 0) is 18.3 Å². The molecule has 1 unspecified atom stereocenters. The van der Waals surface area contributed by atoms with E-state index in [1.165, 1.54) is 47.3 Å². The number of phenolic OH excluding ortho intramolecular Hbond substituents is 1. The smallest absolute Gasteiger partial charge is 0.472 e. The predicted molar refractivity (Wildman–Crippen MR) is 203 cm³/mol. The maximum atomic E-state index is 13.1. The number of carbonyl (C=O) groups is 2. The predicted octanol–water partition coefficient (Wildman–Crippen LogP) is 3.87. The number of nitrogens with zero attached hydrogens (tertiary/aromatic N) is 4. The number of imidazole rings is 1. The molecular weight excluding hydrogens is 765 g/mol. The number of nitrogen functional groups attached to an aromatic ring is 1. The van der Waals surface area contributed by atoms with Gasteiger partial charge >= 0.3 is 13.8 Å². The Morgan fingerprint density at radius 3 is 2.60 bits per heavy atom. The summed E-state index contributed by atoms with van der Waals surface area (Å²) in [5.41, 5.74) is 7.86. The van der Waals surface area contributed by atoms with Gasteiger partial charge in [0.25, 0.3) is 5.91 Å². The van der Waals surface area contributed by atoms with Gasteiger partial charge in [0.05, 0.1) is 12.2 Å². The van der Waals surface area contributed by atoms with Crippen molar-refractivity contribution in [2.24, 2.45) is 0 Å². The van der Waals surface area contributed by atoms with Crippen LogP contribution in [0.4, 0.5) is 11.8 Å². The third-order valence-electron chi connectivity index (χ3n) is 9.86. The summed E-state index contributed by atoms with van der Waals surface area (Å²) in [6, 6.07) is 13.0. The SMILES string of the molecule is Nc1ncnc2c1nc(NCCCCCCNC(=O)c1ccc(-c3c4ccc(=O)cc-4oc4cc(O)ccc34)c(C(=O)O)c1)n2[C@@H]1O[C@@H]2COP(=O)(O)O[C@H]2[C@H]1O. The van der Waals surface area contributed by atoms with E-state index in [0.717, 1.165) is 12.8 Å². The molecule has 8 rings (SSSR count). The Hall–Kier alpha value is -5.95. The molecule has 5 atom stereocenters. The topological polar surface area (TPSA) is 284 Å². The van der Waals surface area contributed by atoms with Crippen LogP contribution in [-0.4, -0.2) is 89.6 Å². The normalized spacial score (nSPS) is 21.9. The van der Waals surface area contributed by atoms with E-state index in [4.69, 9.17) is 23.9 Å². The zero-order valence-corrected chi connectivity index (χ0v) is 30.8. The Bertz CT molecular complexity index is 2610. The number of unbranched alkanes of at least 4 members (excludes halogenated alkanes) is 3. The van der Waals surface area contributed by atoms with E-state index in [-0.39, 0.29) is 63.2 Å². The minimum atomic E-state index is -4.34. The van der Waals surface area contributed by atoms with Crippen molar-refractivity contribution < 1.29 is 52.6 Å². The molecule has 0 radical (unpaired) electrons. The monoisotopic (exact) mass is 801 g/mol. The lowest BCUT2D eigenvalue weighted by Gasteiger charge is -2.27. The van der Waals surface area contributed by atoms with Crippen LogP contribution in [0.3, 0.4) is 0 Å². The number of nitrogens with one attached hydrogen (secondary N) is 2. The second kappa shape index (κ2) is 15.2. The first-order valence-corrected chi connectivity index (χ1v) is 19.4. The largest absolute Gasteiger partial charge is 0.508 e. The van der Waals surface area contributed by atoms with E-state index in [1.54, 1.807) is 18.2 Å². The molecule has 0 spiro atoms. The van der Waals surface area contributed by atoms with E-state index < -0.39 is 44.2 Å². The molecule has 4 aromatic rings. The number of hydrogen-bond acceptors (Lipinski definition) is 15. The molecule has 2 fully saturated rings. The number of aliphatic hydroxyl groups excluding tert-OH is 1. The van der Waals surface area contributed by atoms with Gasteiger partial charge in [0.15, 0.2) is 28.6 Å². The molecule has 2 saturated heterocycles. The Labute approximate surface area is 322 Å². The van der Waals surface area contributed by atoms with Crippen molar-refractivity contribution in [3.63, 3.8) is 0 Å². The van der Waals surface area contributed by atoms with Gasteiger partial charge in [-0.2, -0.15) is 0 Å². The number of ether oxygens (including phenoxy) is 1. The van der Waals surface area contributed by atoms with Gasteiger partial charge in [-0.05, 0) is 54.8 Å². The molecule has 4 aliphatic rings. The fourth-order valence-electron chi connectivity index (χ4n) is 7.18. The highest BCUT2D eigenvalue weighted by molar-refractivity contribution is 7.47. The van der Waals surface area contributed by atoms with Gasteiger partial charge in [0.2, 0.25) is 5.95 Å². The van der Waals surface area contributed by atoms with Gasteiger partial charge in [0, 0.05) is 47.3 Å². The summed E-state index contributed by atoms with van der Waals surface area (Å²) in [6.07, 6.45) is -0.287. The Morgan fingerprint density at radius 1 is 1.00 bits per heavy atom. The van der Waals surface area contributed by atoms with Gasteiger partial charge < -0.3 is 45.7 Å². The van der Waals surface area contributed by atoms with E-state index in [0.29, 0.717) is 48.0 Å². The van der Waals surface area contributed by atoms with Crippen molar-refractivity contribution in [2.75, 3.05) is 30.7 Å². The fourth-order valence-corrected chi connectivity index (χ4v) is 8.14. The molecule has 19 nitrogen and oxygen atoms in total. The number of fused-ring (bicyclic) bond motifs is 4. The van der Waals surface area contributed by atoms with E-state index >= 15 is 0 Å². The Balaban J connectivity index is 0.884. The molecule has 5 heterocycles. The summed E-state index contributed by atoms with van der Waals surface area (Å²) in [5, 5.41) is 37.9. The lowest BCUT2D eigenvalue weighted by atomic mass is 9.90. The number of amides is 1. The van der Waals surface area contributed by atoms with Gasteiger partial charge in [-0.15, -0.1) is 0 Å². The number of phenols is 1. The van der Waals surface area contributed by atoms with Gasteiger partial charge in [-0.1, -0.05) is 18.9 Å². The number of aromatic carboxylic acids is 1. The summed E-state index contributed by atoms with van der Waals surface area (Å²) in [5.74, 6) is -1.15. The summed E-state index contributed by atoms with van der Waals surface area (Å²) in [4.78, 5) is 60.4. The highest BCUT2D eigenvalue weighted by Crippen LogP contribution is 2.53. The number of rotatable bonds is 12. The van der Waals surface area contributed by atoms with Crippen LogP contribution in [0.5, 0.6) is 5.75 Å². The fraction of sp³-hybridized carbons (Fsp3) is 0.297. The number of carbonyl (C=O) groups excluding carboxylic acids is 1. The molecule has 1 aliphatic carbocycles. The molecule has 3 aliphatic heterocycles. The summed E-state index contributed by atoms with van der Waals surface area (Å²) in [6.45, 7) is 0.536. The Morgan fingerprint density at radius 2 is 1.79 bits per heavy atom. The van der Waals surface area contributed by atoms with E-state index in [9.17, 15) is 39.2 Å². The van der Waals surface area contributed by atoms with Crippen molar-refractivity contribution >= 4 is 53.6 Å². The highest BCUT2D eigenvalue weighted by atomic mass is 31.2. The molecule has 0 bridgehead atoms. The summed E-state index contributed by atoms with van der Waals surface area (Å²) < 4.78 is 35.3. The lowest BCUT2D eigenvalue weighted by Crippen LogP contribution is -2.39. The third-order valence-corrected chi connectivity index (χ3v) is 10.8. The van der Waals surface area contributed by atoms with Crippen molar-refractivity contribution in [1.29, 1.82) is 0 Å². The van der Waals surface area contributed by atoms with E-state index in [1.807, 2.05) is 0 Å². The number of anilines is 2. The lowest BCUT2D eigenvalue weighted by molar-refractivity contribution is -0.0659.